The lowest BCUT2D eigenvalue weighted by Crippen LogP contribution is -2.30. The van der Waals surface area contributed by atoms with Crippen molar-refractivity contribution in [1.82, 2.24) is 0 Å². The average molecular weight is 193 g/mol. The van der Waals surface area contributed by atoms with Crippen molar-refractivity contribution in [2.75, 3.05) is 0 Å². The third kappa shape index (κ3) is 2.26. The summed E-state index contributed by atoms with van der Waals surface area (Å²) in [5.74, 6) is -0.917. The summed E-state index contributed by atoms with van der Waals surface area (Å²) in [6, 6.07) is 5.11. The number of halogens is 1. The van der Waals surface area contributed by atoms with Gasteiger partial charge in [0.25, 0.3) is 0 Å². The van der Waals surface area contributed by atoms with E-state index in [0.29, 0.717) is 6.42 Å². The maximum Gasteiger partial charge on any atom is 0.182 e. The summed E-state index contributed by atoms with van der Waals surface area (Å²) >= 11 is 0. The zero-order valence-corrected chi connectivity index (χ0v) is 7.74. The quantitative estimate of drug-likeness (QED) is 0.586. The van der Waals surface area contributed by atoms with Gasteiger partial charge in [-0.3, -0.25) is 4.79 Å². The van der Waals surface area contributed by atoms with E-state index in [1.165, 1.54) is 18.2 Å². The van der Waals surface area contributed by atoms with Crippen molar-refractivity contribution < 1.29 is 9.18 Å². The molecule has 0 heterocycles. The third-order valence-corrected chi connectivity index (χ3v) is 1.90. The van der Waals surface area contributed by atoms with Crippen LogP contribution in [0, 0.1) is 5.82 Å². The van der Waals surface area contributed by atoms with E-state index in [9.17, 15) is 9.18 Å². The van der Waals surface area contributed by atoms with Gasteiger partial charge in [0, 0.05) is 0 Å². The summed E-state index contributed by atoms with van der Waals surface area (Å²) in [6.07, 6.45) is 1.90. The van der Waals surface area contributed by atoms with E-state index in [0.717, 1.165) is 0 Å². The fraction of sp³-hybridized carbons (Fsp3) is 0.182. The monoisotopic (exact) mass is 193 g/mol. The molecule has 2 nitrogen and oxygen atoms in total. The molecule has 0 aliphatic heterocycles. The van der Waals surface area contributed by atoms with E-state index in [-0.39, 0.29) is 11.3 Å². The minimum Gasteiger partial charge on any atom is -0.321 e. The van der Waals surface area contributed by atoms with Crippen molar-refractivity contribution in [2.45, 2.75) is 12.5 Å². The van der Waals surface area contributed by atoms with Gasteiger partial charge in [0.2, 0.25) is 0 Å². The van der Waals surface area contributed by atoms with Crippen molar-refractivity contribution in [1.29, 1.82) is 0 Å². The summed E-state index contributed by atoms with van der Waals surface area (Å²) in [4.78, 5) is 11.5. The van der Waals surface area contributed by atoms with Gasteiger partial charge in [0.15, 0.2) is 5.78 Å². The van der Waals surface area contributed by atoms with Crippen LogP contribution in [0.3, 0.4) is 0 Å². The number of benzene rings is 1. The largest absolute Gasteiger partial charge is 0.321 e. The molecule has 0 aliphatic rings. The molecule has 0 amide bonds. The van der Waals surface area contributed by atoms with E-state index in [1.807, 2.05) is 0 Å². The van der Waals surface area contributed by atoms with Gasteiger partial charge in [-0.25, -0.2) is 4.39 Å². The fourth-order valence-corrected chi connectivity index (χ4v) is 1.15. The van der Waals surface area contributed by atoms with Gasteiger partial charge >= 0.3 is 0 Å². The standard InChI is InChI=1S/C11H12FNO/c1-2-5-10(13)11(14)8-6-3-4-7-9(8)12/h2-4,6-7,10H,1,5,13H2. The molecular formula is C11H12FNO. The topological polar surface area (TPSA) is 43.1 Å². The van der Waals surface area contributed by atoms with Gasteiger partial charge in [-0.05, 0) is 18.6 Å². The second-order valence-electron chi connectivity index (χ2n) is 2.97. The summed E-state index contributed by atoms with van der Waals surface area (Å²) in [5.41, 5.74) is 5.58. The molecule has 1 unspecified atom stereocenters. The molecule has 0 spiro atoms. The number of hydrogen-bond donors (Lipinski definition) is 1. The molecule has 0 aromatic heterocycles. The number of carbonyl (C=O) groups excluding carboxylic acids is 1. The SMILES string of the molecule is C=CCC(N)C(=O)c1ccccc1F. The first-order valence-electron chi connectivity index (χ1n) is 4.32. The Morgan fingerprint density at radius 3 is 2.79 bits per heavy atom. The molecule has 0 bridgehead atoms. The lowest BCUT2D eigenvalue weighted by atomic mass is 10.0. The van der Waals surface area contributed by atoms with Crippen molar-refractivity contribution in [3.05, 3.63) is 48.3 Å². The number of nitrogens with two attached hydrogens (primary N) is 1. The van der Waals surface area contributed by atoms with Crippen LogP contribution < -0.4 is 5.73 Å². The van der Waals surface area contributed by atoms with Crippen molar-refractivity contribution in [2.24, 2.45) is 5.73 Å². The van der Waals surface area contributed by atoms with Crippen LogP contribution in [0.4, 0.5) is 4.39 Å². The lowest BCUT2D eigenvalue weighted by molar-refractivity contribution is 0.0958. The maximum absolute atomic E-state index is 13.1. The maximum atomic E-state index is 13.1. The predicted molar refractivity (Wildman–Crippen MR) is 53.5 cm³/mol. The Morgan fingerprint density at radius 1 is 1.57 bits per heavy atom. The molecule has 3 heteroatoms. The molecule has 1 rings (SSSR count). The predicted octanol–water partition coefficient (Wildman–Crippen LogP) is 1.91. The Balaban J connectivity index is 2.89. The van der Waals surface area contributed by atoms with Crippen LogP contribution in [0.15, 0.2) is 36.9 Å². The average Bonchev–Trinajstić information content (AvgIpc) is 2.18. The number of ketones is 1. The zero-order valence-electron chi connectivity index (χ0n) is 7.74. The molecule has 0 saturated heterocycles. The van der Waals surface area contributed by atoms with E-state index >= 15 is 0 Å². The molecule has 1 aromatic carbocycles. The van der Waals surface area contributed by atoms with Gasteiger partial charge < -0.3 is 5.73 Å². The summed E-state index contributed by atoms with van der Waals surface area (Å²) < 4.78 is 13.1. The van der Waals surface area contributed by atoms with Crippen LogP contribution in [-0.4, -0.2) is 11.8 Å². The van der Waals surface area contributed by atoms with Crippen LogP contribution in [0.1, 0.15) is 16.8 Å². The highest BCUT2D eigenvalue weighted by molar-refractivity contribution is 6.00. The molecule has 1 atom stereocenters. The molecule has 2 N–H and O–H groups in total. The first kappa shape index (κ1) is 10.6. The summed E-state index contributed by atoms with van der Waals surface area (Å²) in [7, 11) is 0. The van der Waals surface area contributed by atoms with Crippen LogP contribution in [-0.2, 0) is 0 Å². The Labute approximate surface area is 82.2 Å². The molecule has 1 aromatic rings. The second-order valence-corrected chi connectivity index (χ2v) is 2.97. The number of hydrogen-bond acceptors (Lipinski definition) is 2. The molecule has 0 radical (unpaired) electrons. The smallest absolute Gasteiger partial charge is 0.182 e. The molecule has 74 valence electrons. The summed E-state index contributed by atoms with van der Waals surface area (Å²) in [6.45, 7) is 3.47. The highest BCUT2D eigenvalue weighted by Crippen LogP contribution is 2.09. The number of Topliss-reactive ketones (excluding diaryl/α,β-unsaturated/α-hetero) is 1. The first-order valence-corrected chi connectivity index (χ1v) is 4.32. The summed E-state index contributed by atoms with van der Waals surface area (Å²) in [5, 5.41) is 0. The van der Waals surface area contributed by atoms with E-state index in [1.54, 1.807) is 12.1 Å². The van der Waals surface area contributed by atoms with E-state index in [4.69, 9.17) is 5.73 Å². The van der Waals surface area contributed by atoms with Crippen LogP contribution >= 0.6 is 0 Å². The molecule has 0 fully saturated rings. The third-order valence-electron chi connectivity index (χ3n) is 1.90. The minimum atomic E-state index is -0.704. The minimum absolute atomic E-state index is 0.0434. The number of carbonyl (C=O) groups is 1. The Morgan fingerprint density at radius 2 is 2.21 bits per heavy atom. The van der Waals surface area contributed by atoms with E-state index in [2.05, 4.69) is 6.58 Å². The Hall–Kier alpha value is -1.48. The van der Waals surface area contributed by atoms with Crippen molar-refractivity contribution in [3.63, 3.8) is 0 Å². The normalized spacial score (nSPS) is 12.1. The van der Waals surface area contributed by atoms with E-state index < -0.39 is 11.9 Å². The molecule has 0 saturated carbocycles. The van der Waals surface area contributed by atoms with Crippen molar-refractivity contribution in [3.8, 4) is 0 Å². The zero-order chi connectivity index (χ0) is 10.6. The van der Waals surface area contributed by atoms with Crippen molar-refractivity contribution >= 4 is 5.78 Å². The highest BCUT2D eigenvalue weighted by Gasteiger charge is 2.17. The van der Waals surface area contributed by atoms with Crippen LogP contribution in [0.5, 0.6) is 0 Å². The Kier molecular flexibility index (Phi) is 3.54. The first-order chi connectivity index (χ1) is 6.66. The lowest BCUT2D eigenvalue weighted by Gasteiger charge is -2.08. The van der Waals surface area contributed by atoms with Crippen LogP contribution in [0.25, 0.3) is 0 Å². The fourth-order valence-electron chi connectivity index (χ4n) is 1.15. The molecule has 14 heavy (non-hydrogen) atoms. The number of rotatable bonds is 4. The molecular weight excluding hydrogens is 181 g/mol. The highest BCUT2D eigenvalue weighted by atomic mass is 19.1. The van der Waals surface area contributed by atoms with Gasteiger partial charge in [-0.2, -0.15) is 0 Å². The Bertz CT molecular complexity index is 349. The molecule has 0 aliphatic carbocycles. The van der Waals surface area contributed by atoms with Crippen LogP contribution in [0.2, 0.25) is 0 Å². The van der Waals surface area contributed by atoms with Gasteiger partial charge in [0.1, 0.15) is 5.82 Å². The van der Waals surface area contributed by atoms with Gasteiger partial charge in [-0.15, -0.1) is 6.58 Å². The van der Waals surface area contributed by atoms with Gasteiger partial charge in [-0.1, -0.05) is 18.2 Å². The second kappa shape index (κ2) is 4.67. The van der Waals surface area contributed by atoms with Gasteiger partial charge in [0.05, 0.1) is 11.6 Å².